The minimum Gasteiger partial charge on any atom is -0.479 e. The van der Waals surface area contributed by atoms with Crippen LogP contribution in [0, 0.1) is 0 Å². The summed E-state index contributed by atoms with van der Waals surface area (Å²) in [6, 6.07) is 23.7. The molecule has 0 N–H and O–H groups in total. The van der Waals surface area contributed by atoms with Crippen LogP contribution in [0.25, 0.3) is 11.1 Å². The zero-order valence-corrected chi connectivity index (χ0v) is 18.2. The largest absolute Gasteiger partial charge is 0.479 e. The Bertz CT molecular complexity index is 997. The van der Waals surface area contributed by atoms with E-state index in [1.807, 2.05) is 61.5 Å². The summed E-state index contributed by atoms with van der Waals surface area (Å²) in [6.07, 6.45) is -0.805. The molecule has 3 aromatic rings. The first-order valence-corrected chi connectivity index (χ1v) is 10.5. The van der Waals surface area contributed by atoms with Crippen molar-refractivity contribution in [3.63, 3.8) is 0 Å². The summed E-state index contributed by atoms with van der Waals surface area (Å²) in [7, 11) is 0. The lowest BCUT2D eigenvalue weighted by Gasteiger charge is -2.14. The predicted octanol–water partition coefficient (Wildman–Crippen LogP) is 4.92. The molecule has 166 valence electrons. The maximum atomic E-state index is 12.4. The number of ether oxygens (including phenoxy) is 4. The van der Waals surface area contributed by atoms with Crippen LogP contribution in [-0.4, -0.2) is 37.9 Å². The molecule has 0 aromatic heterocycles. The van der Waals surface area contributed by atoms with Crippen LogP contribution in [0.15, 0.2) is 78.9 Å². The SMILES string of the molecule is CCOCCOC(=O)c1ccc(OC(=O)C(C)Oc2ccc(-c3ccccc3)cc2)cc1. The lowest BCUT2D eigenvalue weighted by molar-refractivity contribution is -0.141. The van der Waals surface area contributed by atoms with E-state index in [0.29, 0.717) is 30.3 Å². The second kappa shape index (κ2) is 11.7. The van der Waals surface area contributed by atoms with E-state index in [9.17, 15) is 9.59 Å². The van der Waals surface area contributed by atoms with Gasteiger partial charge in [0.2, 0.25) is 0 Å². The minimum absolute atomic E-state index is 0.185. The molecule has 0 amide bonds. The molecule has 0 fully saturated rings. The Morgan fingerprint density at radius 3 is 2.06 bits per heavy atom. The van der Waals surface area contributed by atoms with E-state index in [-0.39, 0.29) is 6.61 Å². The van der Waals surface area contributed by atoms with E-state index < -0.39 is 18.0 Å². The van der Waals surface area contributed by atoms with Crippen molar-refractivity contribution >= 4 is 11.9 Å². The summed E-state index contributed by atoms with van der Waals surface area (Å²) in [5, 5.41) is 0. The topological polar surface area (TPSA) is 71.1 Å². The van der Waals surface area contributed by atoms with Gasteiger partial charge in [-0.05, 0) is 61.4 Å². The van der Waals surface area contributed by atoms with Gasteiger partial charge in [0.05, 0.1) is 12.2 Å². The van der Waals surface area contributed by atoms with E-state index in [1.165, 1.54) is 0 Å². The summed E-state index contributed by atoms with van der Waals surface area (Å²) in [5.41, 5.74) is 2.53. The van der Waals surface area contributed by atoms with Crippen molar-refractivity contribution in [2.75, 3.05) is 19.8 Å². The molecule has 0 aliphatic heterocycles. The van der Waals surface area contributed by atoms with Gasteiger partial charge in [-0.1, -0.05) is 42.5 Å². The second-order valence-corrected chi connectivity index (χ2v) is 6.93. The number of hydrogen-bond acceptors (Lipinski definition) is 6. The van der Waals surface area contributed by atoms with Gasteiger partial charge in [0.15, 0.2) is 6.10 Å². The van der Waals surface area contributed by atoms with Crippen molar-refractivity contribution in [3.05, 3.63) is 84.4 Å². The Morgan fingerprint density at radius 2 is 1.41 bits per heavy atom. The molecular weight excluding hydrogens is 408 g/mol. The van der Waals surface area contributed by atoms with Crippen LogP contribution in [0.1, 0.15) is 24.2 Å². The van der Waals surface area contributed by atoms with Gasteiger partial charge in [-0.25, -0.2) is 9.59 Å². The summed E-state index contributed by atoms with van der Waals surface area (Å²) >= 11 is 0. The fraction of sp³-hybridized carbons (Fsp3) is 0.231. The molecule has 0 spiro atoms. The number of carbonyl (C=O) groups is 2. The zero-order valence-electron chi connectivity index (χ0n) is 18.2. The minimum atomic E-state index is -0.805. The van der Waals surface area contributed by atoms with Crippen molar-refractivity contribution in [1.82, 2.24) is 0 Å². The average Bonchev–Trinajstić information content (AvgIpc) is 2.83. The molecule has 32 heavy (non-hydrogen) atoms. The Kier molecular flexibility index (Phi) is 8.40. The van der Waals surface area contributed by atoms with Crippen molar-refractivity contribution in [2.24, 2.45) is 0 Å². The van der Waals surface area contributed by atoms with Crippen molar-refractivity contribution < 1.29 is 28.5 Å². The smallest absolute Gasteiger partial charge is 0.352 e. The predicted molar refractivity (Wildman–Crippen MR) is 121 cm³/mol. The highest BCUT2D eigenvalue weighted by molar-refractivity contribution is 5.89. The molecule has 0 aliphatic rings. The van der Waals surface area contributed by atoms with Crippen LogP contribution < -0.4 is 9.47 Å². The lowest BCUT2D eigenvalue weighted by Crippen LogP contribution is -2.28. The van der Waals surface area contributed by atoms with E-state index in [4.69, 9.17) is 18.9 Å². The molecule has 6 heteroatoms. The molecule has 0 saturated carbocycles. The first-order valence-electron chi connectivity index (χ1n) is 10.5. The number of carbonyl (C=O) groups excluding carboxylic acids is 2. The van der Waals surface area contributed by atoms with Crippen molar-refractivity contribution in [1.29, 1.82) is 0 Å². The van der Waals surface area contributed by atoms with Gasteiger partial charge in [0.1, 0.15) is 18.1 Å². The van der Waals surface area contributed by atoms with E-state index >= 15 is 0 Å². The fourth-order valence-electron chi connectivity index (χ4n) is 2.89. The Morgan fingerprint density at radius 1 is 0.781 bits per heavy atom. The van der Waals surface area contributed by atoms with Gasteiger partial charge in [0, 0.05) is 6.61 Å². The highest BCUT2D eigenvalue weighted by Gasteiger charge is 2.18. The monoisotopic (exact) mass is 434 g/mol. The molecule has 1 unspecified atom stereocenters. The summed E-state index contributed by atoms with van der Waals surface area (Å²) in [6.45, 7) is 4.60. The number of hydrogen-bond donors (Lipinski definition) is 0. The van der Waals surface area contributed by atoms with Crippen LogP contribution in [0.2, 0.25) is 0 Å². The quantitative estimate of drug-likeness (QED) is 0.256. The van der Waals surface area contributed by atoms with Gasteiger partial charge in [-0.15, -0.1) is 0 Å². The molecule has 0 heterocycles. The molecule has 1 atom stereocenters. The van der Waals surface area contributed by atoms with Crippen LogP contribution in [0.3, 0.4) is 0 Å². The molecule has 3 aromatic carbocycles. The highest BCUT2D eigenvalue weighted by Crippen LogP contribution is 2.23. The molecule has 0 bridgehead atoms. The Balaban J connectivity index is 1.50. The zero-order chi connectivity index (χ0) is 22.8. The third kappa shape index (κ3) is 6.68. The maximum absolute atomic E-state index is 12.4. The summed E-state index contributed by atoms with van der Waals surface area (Å²) in [4.78, 5) is 24.3. The average molecular weight is 434 g/mol. The van der Waals surface area contributed by atoms with Crippen LogP contribution in [-0.2, 0) is 14.3 Å². The number of esters is 2. The van der Waals surface area contributed by atoms with Crippen LogP contribution in [0.5, 0.6) is 11.5 Å². The summed E-state index contributed by atoms with van der Waals surface area (Å²) < 4.78 is 21.3. The van der Waals surface area contributed by atoms with Gasteiger partial charge >= 0.3 is 11.9 Å². The Labute approximate surface area is 187 Å². The van der Waals surface area contributed by atoms with Crippen molar-refractivity contribution in [3.8, 4) is 22.6 Å². The number of benzene rings is 3. The normalized spacial score (nSPS) is 11.4. The standard InChI is InChI=1S/C26H26O6/c1-3-29-17-18-30-26(28)22-11-15-24(16-12-22)32-25(27)19(2)31-23-13-9-21(10-14-23)20-7-5-4-6-8-20/h4-16,19H,3,17-18H2,1-2H3. The van der Waals surface area contributed by atoms with Gasteiger partial charge in [0.25, 0.3) is 0 Å². The summed E-state index contributed by atoms with van der Waals surface area (Å²) in [5.74, 6) is -0.113. The first-order chi connectivity index (χ1) is 15.6. The first kappa shape index (κ1) is 23.0. The molecule has 0 saturated heterocycles. The molecule has 6 nitrogen and oxygen atoms in total. The highest BCUT2D eigenvalue weighted by atomic mass is 16.6. The van der Waals surface area contributed by atoms with Crippen LogP contribution in [0.4, 0.5) is 0 Å². The third-order valence-electron chi connectivity index (χ3n) is 4.58. The lowest BCUT2D eigenvalue weighted by atomic mass is 10.1. The van der Waals surface area contributed by atoms with Gasteiger partial charge < -0.3 is 18.9 Å². The third-order valence-corrected chi connectivity index (χ3v) is 4.58. The molecule has 3 rings (SSSR count). The maximum Gasteiger partial charge on any atom is 0.352 e. The van der Waals surface area contributed by atoms with E-state index in [1.54, 1.807) is 31.2 Å². The Hall–Kier alpha value is -3.64. The number of rotatable bonds is 10. The van der Waals surface area contributed by atoms with E-state index in [0.717, 1.165) is 11.1 Å². The fourth-order valence-corrected chi connectivity index (χ4v) is 2.89. The van der Waals surface area contributed by atoms with Gasteiger partial charge in [-0.2, -0.15) is 0 Å². The van der Waals surface area contributed by atoms with Gasteiger partial charge in [-0.3, -0.25) is 0 Å². The molecule has 0 radical (unpaired) electrons. The van der Waals surface area contributed by atoms with Crippen molar-refractivity contribution in [2.45, 2.75) is 20.0 Å². The van der Waals surface area contributed by atoms with Crippen LogP contribution >= 0.6 is 0 Å². The molecular formula is C26H26O6. The molecule has 0 aliphatic carbocycles. The van der Waals surface area contributed by atoms with E-state index in [2.05, 4.69) is 0 Å². The second-order valence-electron chi connectivity index (χ2n) is 6.93.